The van der Waals surface area contributed by atoms with Crippen molar-refractivity contribution in [3.8, 4) is 11.5 Å². The van der Waals surface area contributed by atoms with E-state index in [-0.39, 0.29) is 17.5 Å². The van der Waals surface area contributed by atoms with Crippen molar-refractivity contribution >= 4 is 62.7 Å². The van der Waals surface area contributed by atoms with E-state index in [1.165, 1.54) is 0 Å². The van der Waals surface area contributed by atoms with E-state index in [2.05, 4.69) is 31.4 Å². The Balaban J connectivity index is 1.83. The van der Waals surface area contributed by atoms with Crippen molar-refractivity contribution in [2.45, 2.75) is 0 Å². The Labute approximate surface area is 160 Å². The van der Waals surface area contributed by atoms with Crippen LogP contribution < -0.4 is 5.32 Å². The highest BCUT2D eigenvalue weighted by Gasteiger charge is 2.16. The first-order chi connectivity index (χ1) is 11.4. The van der Waals surface area contributed by atoms with E-state index in [4.69, 9.17) is 39.2 Å². The number of halogens is 4. The summed E-state index contributed by atoms with van der Waals surface area (Å²) in [6, 6.07) is 9.70. The second-order valence-electron chi connectivity index (χ2n) is 4.61. The Kier molecular flexibility index (Phi) is 5.10. The number of aromatic nitrogens is 2. The van der Waals surface area contributed by atoms with Gasteiger partial charge < -0.3 is 4.42 Å². The van der Waals surface area contributed by atoms with Crippen LogP contribution in [-0.4, -0.2) is 16.1 Å². The van der Waals surface area contributed by atoms with Crippen LogP contribution in [0.5, 0.6) is 0 Å². The number of nitrogens with one attached hydrogen (secondary N) is 1. The highest BCUT2D eigenvalue weighted by Crippen LogP contribution is 2.30. The Morgan fingerprint density at radius 3 is 2.58 bits per heavy atom. The van der Waals surface area contributed by atoms with E-state index in [0.29, 0.717) is 20.6 Å². The van der Waals surface area contributed by atoms with Crippen molar-refractivity contribution in [2.24, 2.45) is 0 Å². The van der Waals surface area contributed by atoms with E-state index in [1.54, 1.807) is 36.4 Å². The first-order valence-electron chi connectivity index (χ1n) is 6.49. The summed E-state index contributed by atoms with van der Waals surface area (Å²) in [5.41, 5.74) is 0.782. The third-order valence-electron chi connectivity index (χ3n) is 2.98. The quantitative estimate of drug-likeness (QED) is 0.558. The predicted octanol–water partition coefficient (Wildman–Crippen LogP) is 5.71. The lowest BCUT2D eigenvalue weighted by Gasteiger charge is -2.03. The van der Waals surface area contributed by atoms with E-state index in [9.17, 15) is 4.79 Å². The van der Waals surface area contributed by atoms with Gasteiger partial charge >= 0.3 is 6.01 Å². The molecule has 0 spiro atoms. The molecule has 122 valence electrons. The number of hydrogen-bond donors (Lipinski definition) is 1. The van der Waals surface area contributed by atoms with Crippen LogP contribution in [0.25, 0.3) is 11.5 Å². The van der Waals surface area contributed by atoms with Gasteiger partial charge in [0.05, 0.1) is 21.2 Å². The molecule has 2 aromatic carbocycles. The van der Waals surface area contributed by atoms with Gasteiger partial charge in [0, 0.05) is 9.50 Å². The fourth-order valence-electron chi connectivity index (χ4n) is 1.88. The molecule has 0 aliphatic carbocycles. The molecule has 0 saturated heterocycles. The first kappa shape index (κ1) is 17.2. The van der Waals surface area contributed by atoms with Gasteiger partial charge in [0.1, 0.15) is 0 Å². The molecule has 0 fully saturated rings. The molecular weight excluding hydrogens is 440 g/mol. The third-order valence-corrected chi connectivity index (χ3v) is 4.35. The molecule has 3 rings (SSSR count). The lowest BCUT2D eigenvalue weighted by Crippen LogP contribution is -2.12. The number of nitrogens with zero attached hydrogens (tertiary/aromatic N) is 2. The number of benzene rings is 2. The first-order valence-corrected chi connectivity index (χ1v) is 8.42. The van der Waals surface area contributed by atoms with E-state index >= 15 is 0 Å². The summed E-state index contributed by atoms with van der Waals surface area (Å²) >= 11 is 21.2. The van der Waals surface area contributed by atoms with Crippen molar-refractivity contribution in [1.29, 1.82) is 0 Å². The normalized spacial score (nSPS) is 10.7. The van der Waals surface area contributed by atoms with E-state index in [0.717, 1.165) is 4.47 Å². The molecule has 0 radical (unpaired) electrons. The van der Waals surface area contributed by atoms with Crippen LogP contribution in [-0.2, 0) is 0 Å². The number of carbonyl (C=O) groups is 1. The van der Waals surface area contributed by atoms with Crippen LogP contribution in [0, 0.1) is 0 Å². The minimum Gasteiger partial charge on any atom is -0.403 e. The van der Waals surface area contributed by atoms with Crippen LogP contribution in [0.2, 0.25) is 15.1 Å². The molecule has 0 aliphatic rings. The maximum Gasteiger partial charge on any atom is 0.322 e. The van der Waals surface area contributed by atoms with Gasteiger partial charge in [-0.1, -0.05) is 55.8 Å². The molecular formula is C15H7BrCl3N3O2. The largest absolute Gasteiger partial charge is 0.403 e. The summed E-state index contributed by atoms with van der Waals surface area (Å²) in [5.74, 6) is -0.314. The van der Waals surface area contributed by atoms with E-state index < -0.39 is 5.91 Å². The molecule has 5 nitrogen and oxygen atoms in total. The van der Waals surface area contributed by atoms with Gasteiger partial charge in [-0.05, 0) is 36.4 Å². The second-order valence-corrected chi connectivity index (χ2v) is 6.78. The van der Waals surface area contributed by atoms with Crippen LogP contribution in [0.3, 0.4) is 0 Å². The number of carbonyl (C=O) groups excluding carboxylic acids is 1. The summed E-state index contributed by atoms with van der Waals surface area (Å²) in [7, 11) is 0. The van der Waals surface area contributed by atoms with Gasteiger partial charge in [0.2, 0.25) is 0 Å². The molecule has 0 saturated carbocycles. The molecule has 0 atom stereocenters. The van der Waals surface area contributed by atoms with Crippen molar-refractivity contribution in [3.63, 3.8) is 0 Å². The van der Waals surface area contributed by atoms with Crippen molar-refractivity contribution in [1.82, 2.24) is 10.2 Å². The molecule has 9 heteroatoms. The van der Waals surface area contributed by atoms with Crippen LogP contribution in [0.4, 0.5) is 6.01 Å². The highest BCUT2D eigenvalue weighted by molar-refractivity contribution is 9.10. The van der Waals surface area contributed by atoms with Crippen LogP contribution in [0.1, 0.15) is 10.4 Å². The SMILES string of the molecule is O=C(Nc1nnc(-c2ccc(Cl)cc2Cl)o1)c1cc(Br)ccc1Cl. The highest BCUT2D eigenvalue weighted by atomic mass is 79.9. The maximum atomic E-state index is 12.3. The molecule has 0 bridgehead atoms. The molecule has 24 heavy (non-hydrogen) atoms. The van der Waals surface area contributed by atoms with Gasteiger partial charge in [0.15, 0.2) is 0 Å². The van der Waals surface area contributed by atoms with Crippen molar-refractivity contribution in [3.05, 3.63) is 61.5 Å². The third kappa shape index (κ3) is 3.72. The fraction of sp³-hybridized carbons (Fsp3) is 0. The van der Waals surface area contributed by atoms with Gasteiger partial charge in [-0.2, -0.15) is 0 Å². The lowest BCUT2D eigenvalue weighted by molar-refractivity contribution is 0.102. The maximum absolute atomic E-state index is 12.3. The molecule has 1 aromatic heterocycles. The Morgan fingerprint density at radius 2 is 1.83 bits per heavy atom. The second kappa shape index (κ2) is 7.11. The Bertz CT molecular complexity index is 930. The zero-order chi connectivity index (χ0) is 17.3. The molecule has 3 aromatic rings. The van der Waals surface area contributed by atoms with Crippen molar-refractivity contribution < 1.29 is 9.21 Å². The lowest BCUT2D eigenvalue weighted by atomic mass is 10.2. The zero-order valence-electron chi connectivity index (χ0n) is 11.7. The molecule has 1 heterocycles. The smallest absolute Gasteiger partial charge is 0.322 e. The Hall–Kier alpha value is -1.60. The number of amides is 1. The summed E-state index contributed by atoms with van der Waals surface area (Å²) in [6.45, 7) is 0. The monoisotopic (exact) mass is 445 g/mol. The van der Waals surface area contributed by atoms with Crippen molar-refractivity contribution in [2.75, 3.05) is 5.32 Å². The minimum absolute atomic E-state index is 0.0722. The average Bonchev–Trinajstić information content (AvgIpc) is 2.97. The number of hydrogen-bond acceptors (Lipinski definition) is 4. The standard InChI is InChI=1S/C15H7BrCl3N3O2/c16-7-1-4-11(18)10(5-7)13(23)20-15-22-21-14(24-15)9-3-2-8(17)6-12(9)19/h1-6H,(H,20,22,23). The summed E-state index contributed by atoms with van der Waals surface area (Å²) in [5, 5.41) is 11.3. The topological polar surface area (TPSA) is 68.0 Å². The van der Waals surface area contributed by atoms with Gasteiger partial charge in [-0.3, -0.25) is 10.1 Å². The van der Waals surface area contributed by atoms with Crippen LogP contribution >= 0.6 is 50.7 Å². The van der Waals surface area contributed by atoms with Gasteiger partial charge in [-0.25, -0.2) is 0 Å². The fourth-order valence-corrected chi connectivity index (χ4v) is 2.94. The summed E-state index contributed by atoms with van der Waals surface area (Å²) in [6.07, 6.45) is 0. The minimum atomic E-state index is -0.473. The van der Waals surface area contributed by atoms with Gasteiger partial charge in [0.25, 0.3) is 11.8 Å². The molecule has 0 unspecified atom stereocenters. The van der Waals surface area contributed by atoms with Crippen LogP contribution in [0.15, 0.2) is 45.3 Å². The number of rotatable bonds is 3. The molecule has 0 aliphatic heterocycles. The number of anilines is 1. The van der Waals surface area contributed by atoms with E-state index in [1.807, 2.05) is 0 Å². The molecule has 1 amide bonds. The Morgan fingerprint density at radius 1 is 1.04 bits per heavy atom. The summed E-state index contributed by atoms with van der Waals surface area (Å²) in [4.78, 5) is 12.3. The average molecular weight is 448 g/mol. The molecule has 1 N–H and O–H groups in total. The summed E-state index contributed by atoms with van der Waals surface area (Å²) < 4.78 is 6.13. The predicted molar refractivity (Wildman–Crippen MR) is 96.9 cm³/mol. The van der Waals surface area contributed by atoms with Gasteiger partial charge in [-0.15, -0.1) is 5.10 Å². The zero-order valence-corrected chi connectivity index (χ0v) is 15.5.